The van der Waals surface area contributed by atoms with Crippen LogP contribution in [0.15, 0.2) is 17.6 Å². The quantitative estimate of drug-likeness (QED) is 0.670. The van der Waals surface area contributed by atoms with Crippen molar-refractivity contribution in [3.8, 4) is 0 Å². The number of urea groups is 1. The maximum absolute atomic E-state index is 12.5. The minimum Gasteiger partial charge on any atom is -0.307 e. The summed E-state index contributed by atoms with van der Waals surface area (Å²) < 4.78 is 2.92. The van der Waals surface area contributed by atoms with E-state index in [-0.39, 0.29) is 11.6 Å². The van der Waals surface area contributed by atoms with Gasteiger partial charge in [0.2, 0.25) is 0 Å². The predicted molar refractivity (Wildman–Crippen MR) is 116 cm³/mol. The predicted octanol–water partition coefficient (Wildman–Crippen LogP) is 5.07. The number of amides is 2. The average Bonchev–Trinajstić information content (AvgIpc) is 3.26. The van der Waals surface area contributed by atoms with Crippen LogP contribution in [0.3, 0.4) is 0 Å². The summed E-state index contributed by atoms with van der Waals surface area (Å²) in [5, 5.41) is 5.14. The molecule has 0 fully saturated rings. The standard InChI is InChI=1S/C22H33N3OS/c1-15(2)25(5)22(3,4)12-13-27-24-21(26)23-20-18-10-6-8-16(18)14-17-9-7-11-19(17)20/h12-15H,6-11H2,1-5H3,(H2,23,24,26)/b13-12+. The number of nitrogens with one attached hydrogen (secondary N) is 2. The first-order valence-corrected chi connectivity index (χ1v) is 11.0. The van der Waals surface area contributed by atoms with Crippen LogP contribution in [0.4, 0.5) is 10.5 Å². The van der Waals surface area contributed by atoms with Crippen LogP contribution < -0.4 is 10.0 Å². The van der Waals surface area contributed by atoms with Gasteiger partial charge in [0.1, 0.15) is 0 Å². The molecule has 3 rings (SSSR count). The van der Waals surface area contributed by atoms with Gasteiger partial charge in [-0.25, -0.2) is 4.79 Å². The van der Waals surface area contributed by atoms with Gasteiger partial charge in [0.25, 0.3) is 0 Å². The summed E-state index contributed by atoms with van der Waals surface area (Å²) in [6.45, 7) is 8.73. The molecule has 4 nitrogen and oxygen atoms in total. The highest BCUT2D eigenvalue weighted by Crippen LogP contribution is 2.38. The molecule has 0 aliphatic heterocycles. The van der Waals surface area contributed by atoms with Gasteiger partial charge in [-0.15, -0.1) is 0 Å². The Morgan fingerprint density at radius 2 is 1.74 bits per heavy atom. The number of carbonyl (C=O) groups is 1. The molecule has 0 atom stereocenters. The van der Waals surface area contributed by atoms with Crippen LogP contribution in [0.25, 0.3) is 0 Å². The highest BCUT2D eigenvalue weighted by molar-refractivity contribution is 8.00. The van der Waals surface area contributed by atoms with Crippen LogP contribution in [0.1, 0.15) is 62.8 Å². The molecule has 0 saturated carbocycles. The van der Waals surface area contributed by atoms with Crippen LogP contribution in [-0.2, 0) is 25.7 Å². The first-order chi connectivity index (χ1) is 12.8. The summed E-state index contributed by atoms with van der Waals surface area (Å²) in [5.41, 5.74) is 6.66. The summed E-state index contributed by atoms with van der Waals surface area (Å²) in [4.78, 5) is 14.8. The molecule has 2 aliphatic carbocycles. The van der Waals surface area contributed by atoms with Crippen molar-refractivity contribution in [2.24, 2.45) is 0 Å². The first-order valence-electron chi connectivity index (χ1n) is 10.1. The summed E-state index contributed by atoms with van der Waals surface area (Å²) in [5.74, 6) is 0. The van der Waals surface area contributed by atoms with Gasteiger partial charge in [0.05, 0.1) is 0 Å². The van der Waals surface area contributed by atoms with Crippen molar-refractivity contribution < 1.29 is 4.79 Å². The van der Waals surface area contributed by atoms with E-state index >= 15 is 0 Å². The molecule has 0 saturated heterocycles. The van der Waals surface area contributed by atoms with Crippen molar-refractivity contribution in [3.05, 3.63) is 39.8 Å². The SMILES string of the molecule is CC(C)N(C)C(C)(C)/C=C/SNC(=O)Nc1c2c(cc3c1CCC3)CCC2. The lowest BCUT2D eigenvalue weighted by atomic mass is 9.99. The van der Waals surface area contributed by atoms with Gasteiger partial charge in [-0.05, 0) is 113 Å². The number of likely N-dealkylation sites (N-methyl/N-ethyl adjacent to an activating group) is 1. The second-order valence-corrected chi connectivity index (χ2v) is 9.28. The number of benzene rings is 1. The molecular formula is C22H33N3OS. The van der Waals surface area contributed by atoms with E-state index in [0.717, 1.165) is 31.4 Å². The van der Waals surface area contributed by atoms with Gasteiger partial charge in [0, 0.05) is 17.3 Å². The molecule has 0 spiro atoms. The zero-order valence-corrected chi connectivity index (χ0v) is 18.1. The van der Waals surface area contributed by atoms with Gasteiger partial charge >= 0.3 is 6.03 Å². The fraction of sp³-hybridized carbons (Fsp3) is 0.591. The Morgan fingerprint density at radius 3 is 2.30 bits per heavy atom. The van der Waals surface area contributed by atoms with Crippen molar-refractivity contribution in [1.29, 1.82) is 0 Å². The number of fused-ring (bicyclic) bond motifs is 2. The number of hydrogen-bond acceptors (Lipinski definition) is 3. The van der Waals surface area contributed by atoms with Gasteiger partial charge in [-0.2, -0.15) is 0 Å². The summed E-state index contributed by atoms with van der Waals surface area (Å²) in [6, 6.07) is 2.72. The number of aryl methyl sites for hydroxylation is 2. The van der Waals surface area contributed by atoms with Crippen molar-refractivity contribution in [3.63, 3.8) is 0 Å². The van der Waals surface area contributed by atoms with E-state index in [1.807, 2.05) is 5.41 Å². The van der Waals surface area contributed by atoms with E-state index in [0.29, 0.717) is 6.04 Å². The molecule has 0 heterocycles. The molecule has 0 bridgehead atoms. The first kappa shape index (κ1) is 20.3. The maximum atomic E-state index is 12.5. The van der Waals surface area contributed by atoms with Crippen molar-refractivity contribution in [1.82, 2.24) is 9.62 Å². The van der Waals surface area contributed by atoms with E-state index in [1.165, 1.54) is 47.0 Å². The minimum atomic E-state index is -0.130. The summed E-state index contributed by atoms with van der Waals surface area (Å²) >= 11 is 1.33. The minimum absolute atomic E-state index is 0.0552. The van der Waals surface area contributed by atoms with E-state index < -0.39 is 0 Å². The van der Waals surface area contributed by atoms with Crippen LogP contribution in [0.2, 0.25) is 0 Å². The Balaban J connectivity index is 1.61. The van der Waals surface area contributed by atoms with Crippen LogP contribution in [0.5, 0.6) is 0 Å². The van der Waals surface area contributed by atoms with Gasteiger partial charge in [-0.1, -0.05) is 12.1 Å². The lowest BCUT2D eigenvalue weighted by Gasteiger charge is -2.36. The fourth-order valence-corrected chi connectivity index (χ4v) is 4.80. The molecular weight excluding hydrogens is 354 g/mol. The number of rotatable bonds is 6. The van der Waals surface area contributed by atoms with E-state index in [1.54, 1.807) is 0 Å². The molecule has 1 aromatic carbocycles. The zero-order valence-electron chi connectivity index (χ0n) is 17.3. The second-order valence-electron chi connectivity index (χ2n) is 8.57. The van der Waals surface area contributed by atoms with Crippen molar-refractivity contribution in [2.75, 3.05) is 12.4 Å². The molecule has 0 unspecified atom stereocenters. The third-order valence-corrected chi connectivity index (χ3v) is 6.67. The summed E-state index contributed by atoms with van der Waals surface area (Å²) in [7, 11) is 2.12. The molecule has 2 N–H and O–H groups in total. The zero-order chi connectivity index (χ0) is 19.6. The van der Waals surface area contributed by atoms with Crippen LogP contribution >= 0.6 is 11.9 Å². The van der Waals surface area contributed by atoms with Gasteiger partial charge in [0.15, 0.2) is 0 Å². The molecule has 2 amide bonds. The van der Waals surface area contributed by atoms with Gasteiger partial charge in [-0.3, -0.25) is 9.62 Å². The van der Waals surface area contributed by atoms with Crippen molar-refractivity contribution in [2.45, 2.75) is 77.8 Å². The number of nitrogens with zero attached hydrogens (tertiary/aromatic N) is 1. The molecule has 0 radical (unpaired) electrons. The van der Waals surface area contributed by atoms with Crippen molar-refractivity contribution >= 4 is 23.7 Å². The Kier molecular flexibility index (Phi) is 6.21. The topological polar surface area (TPSA) is 44.4 Å². The highest BCUT2D eigenvalue weighted by atomic mass is 32.2. The van der Waals surface area contributed by atoms with E-state index in [9.17, 15) is 4.79 Å². The van der Waals surface area contributed by atoms with E-state index in [2.05, 4.69) is 61.8 Å². The third-order valence-electron chi connectivity index (χ3n) is 6.09. The normalized spacial score (nSPS) is 16.3. The fourth-order valence-electron chi connectivity index (χ4n) is 4.18. The van der Waals surface area contributed by atoms with Crippen LogP contribution in [-0.4, -0.2) is 29.6 Å². The summed E-state index contributed by atoms with van der Waals surface area (Å²) in [6.07, 6.45) is 9.00. The second kappa shape index (κ2) is 8.27. The Labute approximate surface area is 168 Å². The molecule has 5 heteroatoms. The molecule has 1 aromatic rings. The monoisotopic (exact) mass is 387 g/mol. The maximum Gasteiger partial charge on any atom is 0.329 e. The smallest absolute Gasteiger partial charge is 0.307 e. The molecule has 148 valence electrons. The Hall–Kier alpha value is -1.46. The van der Waals surface area contributed by atoms with Crippen LogP contribution in [0, 0.1) is 0 Å². The van der Waals surface area contributed by atoms with Gasteiger partial charge < -0.3 is 5.32 Å². The lowest BCUT2D eigenvalue weighted by molar-refractivity contribution is 0.161. The highest BCUT2D eigenvalue weighted by Gasteiger charge is 2.25. The lowest BCUT2D eigenvalue weighted by Crippen LogP contribution is -2.43. The number of anilines is 1. The largest absolute Gasteiger partial charge is 0.329 e. The number of hydrogen-bond donors (Lipinski definition) is 2. The molecule has 27 heavy (non-hydrogen) atoms. The average molecular weight is 388 g/mol. The Morgan fingerprint density at radius 1 is 1.15 bits per heavy atom. The van der Waals surface area contributed by atoms with E-state index in [4.69, 9.17) is 0 Å². The molecule has 0 aromatic heterocycles. The number of carbonyl (C=O) groups excluding carboxylic acids is 1. The Bertz CT molecular complexity index is 707. The third kappa shape index (κ3) is 4.52. The molecule has 2 aliphatic rings.